The molecule has 6 nitrogen and oxygen atoms in total. The highest BCUT2D eigenvalue weighted by atomic mass is 16.5. The van der Waals surface area contributed by atoms with Crippen molar-refractivity contribution >= 4 is 12.0 Å². The number of likely N-dealkylation sites (N-methyl/N-ethyl adjacent to an activating group) is 1. The van der Waals surface area contributed by atoms with Crippen molar-refractivity contribution in [2.24, 2.45) is 11.8 Å². The summed E-state index contributed by atoms with van der Waals surface area (Å²) in [5.41, 5.74) is 0. The average Bonchev–Trinajstić information content (AvgIpc) is 2.38. The predicted octanol–water partition coefficient (Wildman–Crippen LogP) is 1.80. The summed E-state index contributed by atoms with van der Waals surface area (Å²) >= 11 is 0. The highest BCUT2D eigenvalue weighted by Gasteiger charge is 2.15. The number of carbonyl (C=O) groups excluding carboxylic acids is 1. The van der Waals surface area contributed by atoms with Crippen LogP contribution in [0.3, 0.4) is 0 Å². The Labute approximate surface area is 121 Å². The van der Waals surface area contributed by atoms with Crippen LogP contribution in [-0.4, -0.2) is 55.9 Å². The molecule has 118 valence electrons. The number of carboxylic acids is 1. The fourth-order valence-electron chi connectivity index (χ4n) is 1.95. The van der Waals surface area contributed by atoms with E-state index in [2.05, 4.69) is 19.2 Å². The number of urea groups is 1. The first kappa shape index (κ1) is 18.7. The minimum atomic E-state index is -0.765. The molecule has 6 heteroatoms. The minimum absolute atomic E-state index is 0.122. The Morgan fingerprint density at radius 3 is 2.45 bits per heavy atom. The van der Waals surface area contributed by atoms with E-state index in [4.69, 9.17) is 9.84 Å². The normalized spacial score (nSPS) is 12.2. The van der Waals surface area contributed by atoms with Gasteiger partial charge < -0.3 is 20.1 Å². The lowest BCUT2D eigenvalue weighted by Gasteiger charge is -2.22. The second kappa shape index (κ2) is 10.5. The molecule has 0 fully saturated rings. The zero-order valence-electron chi connectivity index (χ0n) is 13.0. The van der Waals surface area contributed by atoms with Gasteiger partial charge in [0.25, 0.3) is 0 Å². The Bertz CT molecular complexity index is 295. The molecule has 0 saturated heterocycles. The smallest absolute Gasteiger partial charge is 0.317 e. The van der Waals surface area contributed by atoms with Crippen molar-refractivity contribution in [1.82, 2.24) is 10.2 Å². The van der Waals surface area contributed by atoms with E-state index in [-0.39, 0.29) is 12.5 Å². The van der Waals surface area contributed by atoms with Crippen molar-refractivity contribution in [3.05, 3.63) is 0 Å². The lowest BCUT2D eigenvalue weighted by molar-refractivity contribution is -0.137. The quantitative estimate of drug-likeness (QED) is 0.642. The molecule has 1 atom stereocenters. The second-order valence-corrected chi connectivity index (χ2v) is 5.37. The highest BCUT2D eigenvalue weighted by Crippen LogP contribution is 2.20. The molecule has 0 rings (SSSR count). The maximum absolute atomic E-state index is 11.7. The van der Waals surface area contributed by atoms with Crippen molar-refractivity contribution < 1.29 is 19.4 Å². The third-order valence-electron chi connectivity index (χ3n) is 3.44. The lowest BCUT2D eigenvalue weighted by atomic mass is 9.88. The molecule has 0 aromatic heterocycles. The molecule has 0 aromatic rings. The SMILES string of the molecule is COCCN(C)C(=O)NCCC(CCC(=O)O)C(C)C. The summed E-state index contributed by atoms with van der Waals surface area (Å²) in [6, 6.07) is -0.122. The topological polar surface area (TPSA) is 78.9 Å². The number of hydrogen-bond acceptors (Lipinski definition) is 3. The molecule has 0 aliphatic carbocycles. The Morgan fingerprint density at radius 2 is 1.95 bits per heavy atom. The van der Waals surface area contributed by atoms with Crippen LogP contribution in [0.1, 0.15) is 33.1 Å². The maximum Gasteiger partial charge on any atom is 0.317 e. The van der Waals surface area contributed by atoms with Crippen LogP contribution in [0.2, 0.25) is 0 Å². The lowest BCUT2D eigenvalue weighted by Crippen LogP contribution is -2.39. The molecule has 0 aromatic carbocycles. The third kappa shape index (κ3) is 8.74. The number of ether oxygens (including phenoxy) is 1. The monoisotopic (exact) mass is 288 g/mol. The van der Waals surface area contributed by atoms with Crippen LogP contribution in [-0.2, 0) is 9.53 Å². The van der Waals surface area contributed by atoms with E-state index in [1.165, 1.54) is 0 Å². The molecule has 0 aliphatic rings. The fraction of sp³-hybridized carbons (Fsp3) is 0.857. The zero-order valence-corrected chi connectivity index (χ0v) is 13.0. The summed E-state index contributed by atoms with van der Waals surface area (Å²) < 4.78 is 4.91. The van der Waals surface area contributed by atoms with Crippen molar-refractivity contribution in [1.29, 1.82) is 0 Å². The average molecular weight is 288 g/mol. The van der Waals surface area contributed by atoms with Gasteiger partial charge in [-0.1, -0.05) is 13.8 Å². The number of methoxy groups -OCH3 is 1. The van der Waals surface area contributed by atoms with Crippen molar-refractivity contribution in [2.45, 2.75) is 33.1 Å². The van der Waals surface area contributed by atoms with E-state index < -0.39 is 5.97 Å². The van der Waals surface area contributed by atoms with Gasteiger partial charge in [0.05, 0.1) is 6.61 Å². The van der Waals surface area contributed by atoms with Crippen LogP contribution in [0.5, 0.6) is 0 Å². The molecular formula is C14H28N2O4. The summed E-state index contributed by atoms with van der Waals surface area (Å²) in [5.74, 6) is -0.0351. The Morgan fingerprint density at radius 1 is 1.30 bits per heavy atom. The summed E-state index contributed by atoms with van der Waals surface area (Å²) in [4.78, 5) is 23.9. The number of carbonyl (C=O) groups is 2. The predicted molar refractivity (Wildman–Crippen MR) is 77.7 cm³/mol. The van der Waals surface area contributed by atoms with E-state index in [1.807, 2.05) is 0 Å². The van der Waals surface area contributed by atoms with Gasteiger partial charge in [0.2, 0.25) is 0 Å². The van der Waals surface area contributed by atoms with E-state index in [9.17, 15) is 9.59 Å². The van der Waals surface area contributed by atoms with Gasteiger partial charge >= 0.3 is 12.0 Å². The number of carboxylic acid groups (broad SMARTS) is 1. The van der Waals surface area contributed by atoms with Crippen LogP contribution in [0.4, 0.5) is 4.79 Å². The van der Waals surface area contributed by atoms with E-state index in [1.54, 1.807) is 19.1 Å². The van der Waals surface area contributed by atoms with Crippen LogP contribution < -0.4 is 5.32 Å². The number of rotatable bonds is 10. The fourth-order valence-corrected chi connectivity index (χ4v) is 1.95. The van der Waals surface area contributed by atoms with Gasteiger partial charge in [-0.2, -0.15) is 0 Å². The zero-order chi connectivity index (χ0) is 15.5. The van der Waals surface area contributed by atoms with Crippen LogP contribution in [0, 0.1) is 11.8 Å². The summed E-state index contributed by atoms with van der Waals surface area (Å²) in [6.45, 7) is 5.79. The molecule has 0 aliphatic heterocycles. The minimum Gasteiger partial charge on any atom is -0.481 e. The van der Waals surface area contributed by atoms with Gasteiger partial charge in [-0.15, -0.1) is 0 Å². The summed E-state index contributed by atoms with van der Waals surface area (Å²) in [5, 5.41) is 11.6. The largest absolute Gasteiger partial charge is 0.481 e. The van der Waals surface area contributed by atoms with Gasteiger partial charge in [-0.05, 0) is 24.7 Å². The second-order valence-electron chi connectivity index (χ2n) is 5.37. The van der Waals surface area contributed by atoms with Crippen LogP contribution in [0.25, 0.3) is 0 Å². The molecule has 0 radical (unpaired) electrons. The first-order valence-corrected chi connectivity index (χ1v) is 7.08. The Kier molecular flexibility index (Phi) is 9.80. The molecule has 0 spiro atoms. The van der Waals surface area contributed by atoms with Gasteiger partial charge in [0, 0.05) is 33.7 Å². The van der Waals surface area contributed by atoms with E-state index >= 15 is 0 Å². The van der Waals surface area contributed by atoms with Crippen LogP contribution in [0.15, 0.2) is 0 Å². The van der Waals surface area contributed by atoms with Gasteiger partial charge in [0.1, 0.15) is 0 Å². The molecule has 2 amide bonds. The molecule has 0 heterocycles. The number of hydrogen-bond donors (Lipinski definition) is 2. The Hall–Kier alpha value is -1.30. The molecule has 20 heavy (non-hydrogen) atoms. The first-order valence-electron chi connectivity index (χ1n) is 7.08. The highest BCUT2D eigenvalue weighted by molar-refractivity contribution is 5.73. The van der Waals surface area contributed by atoms with Gasteiger partial charge in [-0.3, -0.25) is 4.79 Å². The number of aliphatic carboxylic acids is 1. The first-order chi connectivity index (χ1) is 9.38. The van der Waals surface area contributed by atoms with Crippen molar-refractivity contribution in [3.8, 4) is 0 Å². The van der Waals surface area contributed by atoms with E-state index in [0.29, 0.717) is 38.0 Å². The number of nitrogens with zero attached hydrogens (tertiary/aromatic N) is 1. The molecular weight excluding hydrogens is 260 g/mol. The summed E-state index contributed by atoms with van der Waals surface area (Å²) in [7, 11) is 3.32. The number of amides is 2. The van der Waals surface area contributed by atoms with Crippen molar-refractivity contribution in [3.63, 3.8) is 0 Å². The molecule has 0 bridgehead atoms. The molecule has 2 N–H and O–H groups in total. The standard InChI is InChI=1S/C14H28N2O4/c1-11(2)12(5-6-13(17)18)7-8-15-14(19)16(3)9-10-20-4/h11-12H,5-10H2,1-4H3,(H,15,19)(H,17,18). The van der Waals surface area contributed by atoms with Crippen LogP contribution >= 0.6 is 0 Å². The number of nitrogens with one attached hydrogen (secondary N) is 1. The Balaban J connectivity index is 3.98. The van der Waals surface area contributed by atoms with Gasteiger partial charge in [-0.25, -0.2) is 4.79 Å². The maximum atomic E-state index is 11.7. The van der Waals surface area contributed by atoms with Crippen molar-refractivity contribution in [2.75, 3.05) is 33.9 Å². The molecule has 1 unspecified atom stereocenters. The van der Waals surface area contributed by atoms with E-state index in [0.717, 1.165) is 6.42 Å². The summed E-state index contributed by atoms with van der Waals surface area (Å²) in [6.07, 6.45) is 1.64. The third-order valence-corrected chi connectivity index (χ3v) is 3.44. The van der Waals surface area contributed by atoms with Gasteiger partial charge in [0.15, 0.2) is 0 Å². The molecule has 0 saturated carbocycles.